The second-order valence-corrected chi connectivity index (χ2v) is 5.11. The number of para-hydroxylation sites is 1. The fourth-order valence-electron chi connectivity index (χ4n) is 2.21. The Morgan fingerprint density at radius 2 is 2.10 bits per heavy atom. The number of anilines is 1. The second-order valence-electron chi connectivity index (χ2n) is 5.11. The number of benzene rings is 1. The number of aliphatic carboxylic acids is 1. The van der Waals surface area contributed by atoms with E-state index in [4.69, 9.17) is 5.11 Å². The Balaban J connectivity index is 1.78. The summed E-state index contributed by atoms with van der Waals surface area (Å²) in [6.07, 6.45) is 0. The first kappa shape index (κ1) is 14.5. The highest BCUT2D eigenvalue weighted by atomic mass is 19.1. The van der Waals surface area contributed by atoms with Crippen molar-refractivity contribution in [1.82, 2.24) is 4.90 Å². The molecule has 1 atom stereocenters. The Bertz CT molecular complexity index is 515. The molecule has 0 saturated carbocycles. The zero-order chi connectivity index (χ0) is 14.7. The highest BCUT2D eigenvalue weighted by molar-refractivity contribution is 5.92. The average molecular weight is 280 g/mol. The number of hydrogen-bond acceptors (Lipinski definition) is 3. The molecule has 108 valence electrons. The summed E-state index contributed by atoms with van der Waals surface area (Å²) >= 11 is 0. The van der Waals surface area contributed by atoms with Crippen LogP contribution in [0.3, 0.4) is 0 Å². The highest BCUT2D eigenvalue weighted by Gasteiger charge is 2.35. The number of carbonyl (C=O) groups is 2. The van der Waals surface area contributed by atoms with Crippen LogP contribution in [0.5, 0.6) is 0 Å². The van der Waals surface area contributed by atoms with Crippen LogP contribution in [-0.2, 0) is 9.59 Å². The van der Waals surface area contributed by atoms with Gasteiger partial charge in [-0.15, -0.1) is 0 Å². The Kier molecular flexibility index (Phi) is 4.34. The molecule has 0 bridgehead atoms. The second kappa shape index (κ2) is 6.00. The molecule has 0 aliphatic carbocycles. The van der Waals surface area contributed by atoms with Crippen LogP contribution in [0.4, 0.5) is 10.1 Å². The van der Waals surface area contributed by atoms with Crippen LogP contribution in [0.15, 0.2) is 24.3 Å². The van der Waals surface area contributed by atoms with Crippen LogP contribution < -0.4 is 5.32 Å². The van der Waals surface area contributed by atoms with Gasteiger partial charge in [0.1, 0.15) is 5.82 Å². The molecule has 1 amide bonds. The molecule has 1 saturated heterocycles. The van der Waals surface area contributed by atoms with E-state index in [9.17, 15) is 14.0 Å². The Morgan fingerprint density at radius 1 is 1.45 bits per heavy atom. The molecule has 1 aromatic rings. The van der Waals surface area contributed by atoms with E-state index >= 15 is 0 Å². The summed E-state index contributed by atoms with van der Waals surface area (Å²) < 4.78 is 13.3. The normalized spacial score (nSPS) is 17.3. The first-order valence-electron chi connectivity index (χ1n) is 6.47. The van der Waals surface area contributed by atoms with Crippen molar-refractivity contribution in [3.63, 3.8) is 0 Å². The van der Waals surface area contributed by atoms with Crippen LogP contribution in [0.2, 0.25) is 0 Å². The van der Waals surface area contributed by atoms with Gasteiger partial charge < -0.3 is 10.4 Å². The van der Waals surface area contributed by atoms with E-state index in [1.165, 1.54) is 12.1 Å². The third kappa shape index (κ3) is 3.33. The van der Waals surface area contributed by atoms with Crippen molar-refractivity contribution in [3.8, 4) is 0 Å². The molecule has 2 rings (SSSR count). The zero-order valence-electron chi connectivity index (χ0n) is 11.2. The minimum atomic E-state index is -0.814. The van der Waals surface area contributed by atoms with E-state index in [0.29, 0.717) is 13.1 Å². The number of carboxylic acids is 1. The summed E-state index contributed by atoms with van der Waals surface area (Å²) in [5, 5.41) is 11.4. The summed E-state index contributed by atoms with van der Waals surface area (Å²) in [7, 11) is 0. The van der Waals surface area contributed by atoms with Gasteiger partial charge in [-0.05, 0) is 18.1 Å². The zero-order valence-corrected chi connectivity index (χ0v) is 11.2. The maximum Gasteiger partial charge on any atom is 0.306 e. The van der Waals surface area contributed by atoms with Gasteiger partial charge in [-0.2, -0.15) is 0 Å². The monoisotopic (exact) mass is 280 g/mol. The number of hydrogen-bond donors (Lipinski definition) is 2. The molecule has 1 aliphatic rings. The van der Waals surface area contributed by atoms with Gasteiger partial charge in [0.25, 0.3) is 0 Å². The molecule has 1 fully saturated rings. The lowest BCUT2D eigenvalue weighted by Crippen LogP contribution is -2.53. The molecule has 0 spiro atoms. The van der Waals surface area contributed by atoms with Crippen molar-refractivity contribution >= 4 is 17.6 Å². The van der Waals surface area contributed by atoms with Gasteiger partial charge in [-0.25, -0.2) is 4.39 Å². The fourth-order valence-corrected chi connectivity index (χ4v) is 2.21. The van der Waals surface area contributed by atoms with Crippen LogP contribution >= 0.6 is 0 Å². The van der Waals surface area contributed by atoms with Crippen molar-refractivity contribution < 1.29 is 19.1 Å². The molecule has 6 heteroatoms. The lowest BCUT2D eigenvalue weighted by atomic mass is 9.87. The predicted octanol–water partition coefficient (Wildman–Crippen LogP) is 1.42. The first-order chi connectivity index (χ1) is 9.47. The third-order valence-electron chi connectivity index (χ3n) is 3.60. The van der Waals surface area contributed by atoms with Gasteiger partial charge in [0.15, 0.2) is 0 Å². The van der Waals surface area contributed by atoms with Crippen molar-refractivity contribution in [2.45, 2.75) is 6.92 Å². The first-order valence-corrected chi connectivity index (χ1v) is 6.47. The van der Waals surface area contributed by atoms with Gasteiger partial charge >= 0.3 is 5.97 Å². The van der Waals surface area contributed by atoms with Gasteiger partial charge in [0.05, 0.1) is 18.2 Å². The Morgan fingerprint density at radius 3 is 2.70 bits per heavy atom. The van der Waals surface area contributed by atoms with Crippen LogP contribution in [0.25, 0.3) is 0 Å². The van der Waals surface area contributed by atoms with E-state index in [0.717, 1.165) is 0 Å². The van der Waals surface area contributed by atoms with Gasteiger partial charge in [-0.3, -0.25) is 14.5 Å². The Hall–Kier alpha value is -1.95. The smallest absolute Gasteiger partial charge is 0.306 e. The van der Waals surface area contributed by atoms with Crippen LogP contribution in [-0.4, -0.2) is 41.5 Å². The summed E-state index contributed by atoms with van der Waals surface area (Å²) in [5.41, 5.74) is 0.161. The molecule has 0 aromatic heterocycles. The van der Waals surface area contributed by atoms with Crippen molar-refractivity contribution in [2.24, 2.45) is 11.8 Å². The van der Waals surface area contributed by atoms with Crippen molar-refractivity contribution in [3.05, 3.63) is 30.1 Å². The maximum absolute atomic E-state index is 13.3. The van der Waals surface area contributed by atoms with E-state index < -0.39 is 17.7 Å². The number of halogens is 1. The summed E-state index contributed by atoms with van der Waals surface area (Å²) in [5.74, 6) is -1.90. The quantitative estimate of drug-likeness (QED) is 0.855. The largest absolute Gasteiger partial charge is 0.481 e. The number of rotatable bonds is 5. The van der Waals surface area contributed by atoms with Crippen LogP contribution in [0, 0.1) is 17.7 Å². The minimum absolute atomic E-state index is 0.0776. The molecule has 5 nitrogen and oxygen atoms in total. The highest BCUT2D eigenvalue weighted by Crippen LogP contribution is 2.23. The molecule has 0 radical (unpaired) electrons. The topological polar surface area (TPSA) is 69.6 Å². The number of carboxylic acid groups (broad SMARTS) is 1. The molecular formula is C14H17FN2O3. The Labute approximate surface area is 116 Å². The average Bonchev–Trinajstić information content (AvgIpc) is 2.35. The van der Waals surface area contributed by atoms with Gasteiger partial charge in [0, 0.05) is 13.1 Å². The van der Waals surface area contributed by atoms with E-state index in [2.05, 4.69) is 5.32 Å². The standard InChI is InChI=1S/C14H17FN2O3/c1-9(14(19)20)10-6-17(7-10)8-13(18)16-12-5-3-2-4-11(12)15/h2-5,9-10H,6-8H2,1H3,(H,16,18)(H,19,20). The van der Waals surface area contributed by atoms with E-state index in [-0.39, 0.29) is 24.1 Å². The number of nitrogens with one attached hydrogen (secondary N) is 1. The number of nitrogens with zero attached hydrogens (tertiary/aromatic N) is 1. The molecule has 1 unspecified atom stereocenters. The minimum Gasteiger partial charge on any atom is -0.481 e. The van der Waals surface area contributed by atoms with E-state index in [1.54, 1.807) is 19.1 Å². The predicted molar refractivity (Wildman–Crippen MR) is 71.8 cm³/mol. The SMILES string of the molecule is CC(C(=O)O)C1CN(CC(=O)Nc2ccccc2F)C1. The molecule has 2 N–H and O–H groups in total. The summed E-state index contributed by atoms with van der Waals surface area (Å²) in [6, 6.07) is 5.98. The van der Waals surface area contributed by atoms with E-state index in [1.807, 2.05) is 4.90 Å². The maximum atomic E-state index is 13.3. The summed E-state index contributed by atoms with van der Waals surface area (Å²) in [4.78, 5) is 24.4. The molecule has 1 aromatic carbocycles. The number of likely N-dealkylation sites (tertiary alicyclic amines) is 1. The third-order valence-corrected chi connectivity index (χ3v) is 3.60. The number of amides is 1. The number of carbonyl (C=O) groups excluding carboxylic acids is 1. The van der Waals surface area contributed by atoms with Gasteiger partial charge in [-0.1, -0.05) is 19.1 Å². The van der Waals surface area contributed by atoms with Crippen molar-refractivity contribution in [1.29, 1.82) is 0 Å². The summed E-state index contributed by atoms with van der Waals surface area (Å²) in [6.45, 7) is 2.98. The molecule has 1 aliphatic heterocycles. The van der Waals surface area contributed by atoms with Crippen LogP contribution in [0.1, 0.15) is 6.92 Å². The molecular weight excluding hydrogens is 263 g/mol. The lowest BCUT2D eigenvalue weighted by molar-refractivity contribution is -0.145. The molecule has 20 heavy (non-hydrogen) atoms. The fraction of sp³-hybridized carbons (Fsp3) is 0.429. The van der Waals surface area contributed by atoms with Gasteiger partial charge in [0.2, 0.25) is 5.91 Å². The lowest BCUT2D eigenvalue weighted by Gasteiger charge is -2.40. The van der Waals surface area contributed by atoms with Crippen molar-refractivity contribution in [2.75, 3.05) is 25.0 Å². The molecule has 1 heterocycles.